The predicted octanol–water partition coefficient (Wildman–Crippen LogP) is 3.46. The zero-order chi connectivity index (χ0) is 19.6. The Kier molecular flexibility index (Phi) is 5.69. The number of nitrogens with two attached hydrogens (primary N) is 1. The number of rotatable bonds is 7. The summed E-state index contributed by atoms with van der Waals surface area (Å²) in [5.41, 5.74) is 2.04. The number of benzene rings is 2. The predicted molar refractivity (Wildman–Crippen MR) is 107 cm³/mol. The van der Waals surface area contributed by atoms with Crippen LogP contribution in [0.1, 0.15) is 30.6 Å². The molecule has 8 heteroatoms. The number of fused-ring (bicyclic) bond motifs is 1. The highest BCUT2D eigenvalue weighted by molar-refractivity contribution is 8.00. The largest absolute Gasteiger partial charge is 0.319 e. The lowest BCUT2D eigenvalue weighted by Gasteiger charge is -2.12. The number of aryl methyl sites for hydroxylation is 1. The molecule has 1 aromatic heterocycles. The minimum absolute atomic E-state index is 0.0286. The van der Waals surface area contributed by atoms with Crippen LogP contribution in [0.15, 0.2) is 58.6 Å². The van der Waals surface area contributed by atoms with Crippen LogP contribution in [0.3, 0.4) is 0 Å². The Morgan fingerprint density at radius 3 is 2.56 bits per heavy atom. The molecule has 1 unspecified atom stereocenters. The number of primary sulfonamides is 1. The van der Waals surface area contributed by atoms with Gasteiger partial charge in [0.15, 0.2) is 10.9 Å². The summed E-state index contributed by atoms with van der Waals surface area (Å²) in [7, 11) is -3.79. The molecular weight excluding hydrogens is 382 g/mol. The average molecular weight is 404 g/mol. The van der Waals surface area contributed by atoms with Gasteiger partial charge in [0, 0.05) is 12.1 Å². The summed E-state index contributed by atoms with van der Waals surface area (Å²) in [6.07, 6.45) is 0.886. The third kappa shape index (κ3) is 4.23. The number of carbonyl (C=O) groups excluding carboxylic acids is 1. The van der Waals surface area contributed by atoms with E-state index in [1.165, 1.54) is 23.9 Å². The van der Waals surface area contributed by atoms with Crippen LogP contribution in [-0.2, 0) is 16.6 Å². The normalized spacial score (nSPS) is 13.0. The van der Waals surface area contributed by atoms with E-state index in [9.17, 15) is 13.2 Å². The van der Waals surface area contributed by atoms with Crippen LogP contribution < -0.4 is 5.14 Å². The Balaban J connectivity index is 1.97. The van der Waals surface area contributed by atoms with E-state index in [0.717, 1.165) is 18.5 Å². The molecule has 0 aliphatic heterocycles. The highest BCUT2D eigenvalue weighted by Crippen LogP contribution is 2.30. The summed E-state index contributed by atoms with van der Waals surface area (Å²) < 4.78 is 25.2. The Morgan fingerprint density at radius 1 is 1.22 bits per heavy atom. The van der Waals surface area contributed by atoms with Crippen molar-refractivity contribution in [3.8, 4) is 0 Å². The minimum Gasteiger partial charge on any atom is -0.319 e. The molecule has 3 aromatic rings. The molecule has 0 fully saturated rings. The molecule has 0 spiro atoms. The minimum atomic E-state index is -3.79. The Labute approximate surface area is 162 Å². The highest BCUT2D eigenvalue weighted by Gasteiger charge is 2.21. The van der Waals surface area contributed by atoms with Gasteiger partial charge in [-0.2, -0.15) is 0 Å². The molecule has 0 aliphatic rings. The lowest BCUT2D eigenvalue weighted by Crippen LogP contribution is -2.14. The molecule has 2 N–H and O–H groups in total. The second kappa shape index (κ2) is 7.84. The van der Waals surface area contributed by atoms with E-state index in [4.69, 9.17) is 5.14 Å². The summed E-state index contributed by atoms with van der Waals surface area (Å²) in [4.78, 5) is 17.3. The molecule has 0 aliphatic carbocycles. The molecule has 0 bridgehead atoms. The van der Waals surface area contributed by atoms with E-state index < -0.39 is 10.0 Å². The topological polar surface area (TPSA) is 95.0 Å². The molecule has 0 radical (unpaired) electrons. The summed E-state index contributed by atoms with van der Waals surface area (Å²) in [6, 6.07) is 13.8. The van der Waals surface area contributed by atoms with E-state index in [2.05, 4.69) is 11.9 Å². The fourth-order valence-corrected chi connectivity index (χ4v) is 4.40. The van der Waals surface area contributed by atoms with E-state index in [0.29, 0.717) is 16.2 Å². The maximum absolute atomic E-state index is 12.7. The maximum atomic E-state index is 12.7. The third-order valence-electron chi connectivity index (χ3n) is 4.17. The molecule has 1 atom stereocenters. The van der Waals surface area contributed by atoms with Gasteiger partial charge in [0.25, 0.3) is 0 Å². The van der Waals surface area contributed by atoms with Crippen LogP contribution in [0.5, 0.6) is 0 Å². The van der Waals surface area contributed by atoms with Crippen LogP contribution in [0.25, 0.3) is 11.0 Å². The third-order valence-corrected chi connectivity index (χ3v) is 6.17. The van der Waals surface area contributed by atoms with Gasteiger partial charge in [0.1, 0.15) is 0 Å². The lowest BCUT2D eigenvalue weighted by atomic mass is 10.1. The lowest BCUT2D eigenvalue weighted by molar-refractivity contribution is 0.0994. The first-order valence-electron chi connectivity index (χ1n) is 8.60. The number of thioether (sulfide) groups is 1. The summed E-state index contributed by atoms with van der Waals surface area (Å²) in [5, 5.41) is 5.59. The van der Waals surface area contributed by atoms with Crippen molar-refractivity contribution in [2.45, 2.75) is 42.1 Å². The summed E-state index contributed by atoms with van der Waals surface area (Å²) >= 11 is 1.37. The standard InChI is InChI=1S/C19H21N3O3S2/c1-3-11-22-17-10-9-15(27(20,24)25)12-16(17)21-19(22)26-13(2)18(23)14-7-5-4-6-8-14/h4-10,12-13H,3,11H2,1-2H3,(H2,20,24,25). The van der Waals surface area contributed by atoms with Gasteiger partial charge in [0.2, 0.25) is 10.0 Å². The first-order chi connectivity index (χ1) is 12.8. The maximum Gasteiger partial charge on any atom is 0.238 e. The first-order valence-corrected chi connectivity index (χ1v) is 11.0. The van der Waals surface area contributed by atoms with Crippen molar-refractivity contribution in [1.82, 2.24) is 9.55 Å². The number of hydrogen-bond acceptors (Lipinski definition) is 5. The molecule has 142 valence electrons. The number of aromatic nitrogens is 2. The fourth-order valence-electron chi connectivity index (χ4n) is 2.84. The number of imidazole rings is 1. The van der Waals surface area contributed by atoms with Crippen molar-refractivity contribution in [2.75, 3.05) is 0 Å². The zero-order valence-electron chi connectivity index (χ0n) is 15.1. The Morgan fingerprint density at radius 2 is 1.93 bits per heavy atom. The number of ketones is 1. The van der Waals surface area contributed by atoms with Gasteiger partial charge in [-0.25, -0.2) is 18.5 Å². The van der Waals surface area contributed by atoms with Crippen molar-refractivity contribution < 1.29 is 13.2 Å². The quantitative estimate of drug-likeness (QED) is 0.481. The molecule has 6 nitrogen and oxygen atoms in total. The van der Waals surface area contributed by atoms with E-state index in [-0.39, 0.29) is 15.9 Å². The number of nitrogens with zero attached hydrogens (tertiary/aromatic N) is 2. The molecule has 2 aromatic carbocycles. The van der Waals surface area contributed by atoms with Crippen molar-refractivity contribution in [1.29, 1.82) is 0 Å². The van der Waals surface area contributed by atoms with E-state index in [1.807, 2.05) is 29.7 Å². The SMILES string of the molecule is CCCn1c(SC(C)C(=O)c2ccccc2)nc2cc(S(N)(=O)=O)ccc21. The highest BCUT2D eigenvalue weighted by atomic mass is 32.2. The molecule has 0 amide bonds. The monoisotopic (exact) mass is 403 g/mol. The van der Waals surface area contributed by atoms with Gasteiger partial charge in [0.05, 0.1) is 21.2 Å². The summed E-state index contributed by atoms with van der Waals surface area (Å²) in [6.45, 7) is 4.63. The van der Waals surface area contributed by atoms with Crippen LogP contribution in [0.4, 0.5) is 0 Å². The number of hydrogen-bond donors (Lipinski definition) is 1. The first kappa shape index (κ1) is 19.6. The summed E-state index contributed by atoms with van der Waals surface area (Å²) in [5.74, 6) is 0.0286. The number of carbonyl (C=O) groups is 1. The zero-order valence-corrected chi connectivity index (χ0v) is 16.8. The molecule has 27 heavy (non-hydrogen) atoms. The van der Waals surface area contributed by atoms with E-state index in [1.54, 1.807) is 18.2 Å². The van der Waals surface area contributed by atoms with Gasteiger partial charge >= 0.3 is 0 Å². The van der Waals surface area contributed by atoms with Crippen molar-refractivity contribution >= 4 is 38.6 Å². The fraction of sp³-hybridized carbons (Fsp3) is 0.263. The smallest absolute Gasteiger partial charge is 0.238 e. The molecule has 0 saturated carbocycles. The Hall–Kier alpha value is -2.16. The van der Waals surface area contributed by atoms with E-state index >= 15 is 0 Å². The Bertz CT molecular complexity index is 1080. The average Bonchev–Trinajstić information content (AvgIpc) is 2.98. The molecular formula is C19H21N3O3S2. The molecule has 3 rings (SSSR count). The van der Waals surface area contributed by atoms with Gasteiger partial charge < -0.3 is 4.57 Å². The van der Waals surface area contributed by atoms with Gasteiger partial charge in [-0.15, -0.1) is 0 Å². The number of sulfonamides is 1. The molecule has 1 heterocycles. The second-order valence-electron chi connectivity index (χ2n) is 6.23. The van der Waals surface area contributed by atoms with Crippen LogP contribution in [0.2, 0.25) is 0 Å². The van der Waals surface area contributed by atoms with Gasteiger partial charge in [-0.3, -0.25) is 4.79 Å². The van der Waals surface area contributed by atoms with Crippen LogP contribution >= 0.6 is 11.8 Å². The second-order valence-corrected chi connectivity index (χ2v) is 9.10. The number of Topliss-reactive ketones (excluding diaryl/α,β-unsaturated/α-hetero) is 1. The molecule has 0 saturated heterocycles. The van der Waals surface area contributed by atoms with Crippen LogP contribution in [-0.4, -0.2) is 29.0 Å². The van der Waals surface area contributed by atoms with Crippen molar-refractivity contribution in [3.05, 3.63) is 54.1 Å². The van der Waals surface area contributed by atoms with Gasteiger partial charge in [-0.1, -0.05) is 49.0 Å². The van der Waals surface area contributed by atoms with Crippen LogP contribution in [0, 0.1) is 0 Å². The van der Waals surface area contributed by atoms with Crippen molar-refractivity contribution in [3.63, 3.8) is 0 Å². The van der Waals surface area contributed by atoms with Crippen molar-refractivity contribution in [2.24, 2.45) is 5.14 Å². The van der Waals surface area contributed by atoms with Gasteiger partial charge in [-0.05, 0) is 31.5 Å².